The molecule has 0 radical (unpaired) electrons. The fraction of sp³-hybridized carbons (Fsp3) is 0.250. The maximum atomic E-state index is 13.2. The molecule has 0 spiro atoms. The second kappa shape index (κ2) is 8.76. The van der Waals surface area contributed by atoms with Crippen LogP contribution in [-0.2, 0) is 11.3 Å². The molecular formula is C24H24ClN3O2. The molecule has 4 rings (SSSR count). The van der Waals surface area contributed by atoms with Gasteiger partial charge in [0.15, 0.2) is 0 Å². The Kier molecular flexibility index (Phi) is 5.91. The quantitative estimate of drug-likeness (QED) is 0.654. The summed E-state index contributed by atoms with van der Waals surface area (Å²) in [5.41, 5.74) is 2.42. The summed E-state index contributed by atoms with van der Waals surface area (Å²) < 4.78 is 2.18. The number of nitrogens with one attached hydrogen (secondary N) is 1. The molecule has 0 saturated heterocycles. The number of carbonyl (C=O) groups is 2. The van der Waals surface area contributed by atoms with E-state index >= 15 is 0 Å². The summed E-state index contributed by atoms with van der Waals surface area (Å²) in [6.07, 6.45) is 2.23. The number of amides is 2. The smallest absolute Gasteiger partial charge is 0.253 e. The Morgan fingerprint density at radius 2 is 1.77 bits per heavy atom. The third-order valence-corrected chi connectivity index (χ3v) is 6.00. The van der Waals surface area contributed by atoms with Gasteiger partial charge < -0.3 is 14.8 Å². The van der Waals surface area contributed by atoms with Crippen molar-refractivity contribution in [2.24, 2.45) is 0 Å². The lowest BCUT2D eigenvalue weighted by atomic mass is 10.0. The summed E-state index contributed by atoms with van der Waals surface area (Å²) in [6.45, 7) is 3.48. The van der Waals surface area contributed by atoms with E-state index in [1.165, 1.54) is 0 Å². The summed E-state index contributed by atoms with van der Waals surface area (Å²) in [6, 6.07) is 20.1. The maximum Gasteiger partial charge on any atom is 0.253 e. The highest BCUT2D eigenvalue weighted by Gasteiger charge is 2.30. The average molecular weight is 422 g/mol. The van der Waals surface area contributed by atoms with E-state index < -0.39 is 6.04 Å². The third kappa shape index (κ3) is 4.12. The number of benzene rings is 2. The van der Waals surface area contributed by atoms with E-state index in [2.05, 4.69) is 16.0 Å². The normalized spacial score (nSPS) is 16.6. The van der Waals surface area contributed by atoms with Gasteiger partial charge >= 0.3 is 0 Å². The molecule has 2 unspecified atom stereocenters. The summed E-state index contributed by atoms with van der Waals surface area (Å²) in [5.74, 6) is -0.272. The van der Waals surface area contributed by atoms with Crippen molar-refractivity contribution in [3.8, 4) is 0 Å². The first kappa shape index (κ1) is 20.2. The third-order valence-electron chi connectivity index (χ3n) is 5.67. The highest BCUT2D eigenvalue weighted by molar-refractivity contribution is 6.33. The van der Waals surface area contributed by atoms with E-state index in [0.717, 1.165) is 17.8 Å². The molecule has 6 heteroatoms. The van der Waals surface area contributed by atoms with Crippen molar-refractivity contribution in [3.05, 3.63) is 94.8 Å². The minimum absolute atomic E-state index is 0.00283. The Morgan fingerprint density at radius 1 is 1.03 bits per heavy atom. The SMILES string of the molecule is CC1c2cccn2CCN1C(=O)CC(NC(=O)c1ccccc1Cl)c1ccccc1. The van der Waals surface area contributed by atoms with Crippen molar-refractivity contribution in [3.63, 3.8) is 0 Å². The topological polar surface area (TPSA) is 54.3 Å². The van der Waals surface area contributed by atoms with Crippen molar-refractivity contribution in [2.45, 2.75) is 32.0 Å². The van der Waals surface area contributed by atoms with Gasteiger partial charge in [0.25, 0.3) is 5.91 Å². The molecule has 154 valence electrons. The van der Waals surface area contributed by atoms with Crippen LogP contribution >= 0.6 is 11.6 Å². The molecule has 2 aromatic carbocycles. The second-order valence-electron chi connectivity index (χ2n) is 7.51. The highest BCUT2D eigenvalue weighted by Crippen LogP contribution is 2.28. The van der Waals surface area contributed by atoms with E-state index in [1.54, 1.807) is 24.3 Å². The van der Waals surface area contributed by atoms with E-state index in [4.69, 9.17) is 11.6 Å². The zero-order valence-corrected chi connectivity index (χ0v) is 17.5. The first-order valence-corrected chi connectivity index (χ1v) is 10.5. The first-order chi connectivity index (χ1) is 14.5. The fourth-order valence-corrected chi connectivity index (χ4v) is 4.25. The number of halogens is 1. The standard InChI is InChI=1S/C24H24ClN3O2/c1-17-22-12-7-13-27(22)14-15-28(17)23(29)16-21(18-8-3-2-4-9-18)26-24(30)19-10-5-6-11-20(19)25/h2-13,17,21H,14-16H2,1H3,(H,26,30). The van der Waals surface area contributed by atoms with Gasteiger partial charge in [0.2, 0.25) is 5.91 Å². The van der Waals surface area contributed by atoms with Crippen LogP contribution in [-0.4, -0.2) is 27.8 Å². The maximum absolute atomic E-state index is 13.2. The zero-order chi connectivity index (χ0) is 21.1. The molecular weight excluding hydrogens is 398 g/mol. The average Bonchev–Trinajstić information content (AvgIpc) is 3.24. The number of carbonyl (C=O) groups excluding carboxylic acids is 2. The molecule has 5 nitrogen and oxygen atoms in total. The Balaban J connectivity index is 1.54. The van der Waals surface area contributed by atoms with Gasteiger partial charge in [0.05, 0.1) is 29.1 Å². The summed E-state index contributed by atoms with van der Waals surface area (Å²) in [4.78, 5) is 28.0. The lowest BCUT2D eigenvalue weighted by Gasteiger charge is -2.36. The monoisotopic (exact) mass is 421 g/mol. The molecule has 0 aliphatic carbocycles. The molecule has 0 saturated carbocycles. The van der Waals surface area contributed by atoms with Gasteiger partial charge in [-0.3, -0.25) is 9.59 Å². The van der Waals surface area contributed by atoms with E-state index in [-0.39, 0.29) is 24.3 Å². The number of hydrogen-bond donors (Lipinski definition) is 1. The van der Waals surface area contributed by atoms with Gasteiger partial charge in [-0.25, -0.2) is 0 Å². The van der Waals surface area contributed by atoms with Gasteiger partial charge in [0.1, 0.15) is 0 Å². The molecule has 30 heavy (non-hydrogen) atoms. The second-order valence-corrected chi connectivity index (χ2v) is 7.92. The number of hydrogen-bond acceptors (Lipinski definition) is 2. The minimum atomic E-state index is -0.441. The summed E-state index contributed by atoms with van der Waals surface area (Å²) in [7, 11) is 0. The van der Waals surface area contributed by atoms with Crippen LogP contribution in [0.2, 0.25) is 5.02 Å². The number of aromatic nitrogens is 1. The predicted molar refractivity (Wildman–Crippen MR) is 117 cm³/mol. The van der Waals surface area contributed by atoms with Crippen LogP contribution < -0.4 is 5.32 Å². The van der Waals surface area contributed by atoms with Gasteiger partial charge in [-0.05, 0) is 36.8 Å². The molecule has 3 aromatic rings. The van der Waals surface area contributed by atoms with Crippen LogP contribution in [0.25, 0.3) is 0 Å². The van der Waals surface area contributed by atoms with Crippen LogP contribution in [0.1, 0.15) is 47.0 Å². The van der Waals surface area contributed by atoms with E-state index in [0.29, 0.717) is 17.1 Å². The van der Waals surface area contributed by atoms with Crippen LogP contribution in [0.5, 0.6) is 0 Å². The lowest BCUT2D eigenvalue weighted by molar-refractivity contribution is -0.135. The van der Waals surface area contributed by atoms with Gasteiger partial charge in [0, 0.05) is 25.0 Å². The van der Waals surface area contributed by atoms with Gasteiger partial charge in [-0.15, -0.1) is 0 Å². The number of rotatable bonds is 5. The molecule has 1 N–H and O–H groups in total. The van der Waals surface area contributed by atoms with E-state index in [9.17, 15) is 9.59 Å². The number of fused-ring (bicyclic) bond motifs is 1. The Labute approximate surface area is 181 Å². The van der Waals surface area contributed by atoms with Crippen molar-refractivity contribution < 1.29 is 9.59 Å². The molecule has 1 aromatic heterocycles. The van der Waals surface area contributed by atoms with E-state index in [1.807, 2.05) is 54.4 Å². The lowest BCUT2D eigenvalue weighted by Crippen LogP contribution is -2.42. The molecule has 0 bridgehead atoms. The molecule has 0 fully saturated rings. The van der Waals surface area contributed by atoms with Gasteiger partial charge in [-0.2, -0.15) is 0 Å². The van der Waals surface area contributed by atoms with Crippen molar-refractivity contribution in [1.29, 1.82) is 0 Å². The van der Waals surface area contributed by atoms with Gasteiger partial charge in [-0.1, -0.05) is 54.1 Å². The van der Waals surface area contributed by atoms with Crippen molar-refractivity contribution >= 4 is 23.4 Å². The van der Waals surface area contributed by atoms with Crippen LogP contribution in [0.4, 0.5) is 0 Å². The molecule has 1 aliphatic heterocycles. The van der Waals surface area contributed by atoms with Crippen molar-refractivity contribution in [1.82, 2.24) is 14.8 Å². The highest BCUT2D eigenvalue weighted by atomic mass is 35.5. The fourth-order valence-electron chi connectivity index (χ4n) is 4.03. The summed E-state index contributed by atoms with van der Waals surface area (Å²) >= 11 is 6.19. The Morgan fingerprint density at radius 3 is 2.53 bits per heavy atom. The van der Waals surface area contributed by atoms with Crippen LogP contribution in [0, 0.1) is 0 Å². The van der Waals surface area contributed by atoms with Crippen molar-refractivity contribution in [2.75, 3.05) is 6.54 Å². The number of nitrogens with zero attached hydrogens (tertiary/aromatic N) is 2. The van der Waals surface area contributed by atoms with Crippen LogP contribution in [0.15, 0.2) is 72.9 Å². The molecule has 1 aliphatic rings. The first-order valence-electron chi connectivity index (χ1n) is 10.1. The molecule has 2 amide bonds. The zero-order valence-electron chi connectivity index (χ0n) is 16.8. The molecule has 2 atom stereocenters. The largest absolute Gasteiger partial charge is 0.348 e. The van der Waals surface area contributed by atoms with Crippen LogP contribution in [0.3, 0.4) is 0 Å². The predicted octanol–water partition coefficient (Wildman–Crippen LogP) is 4.61. The Hall–Kier alpha value is -3.05. The summed E-state index contributed by atoms with van der Waals surface area (Å²) in [5, 5.41) is 3.40. The minimum Gasteiger partial charge on any atom is -0.348 e. The Bertz CT molecular complexity index is 1050. The molecule has 2 heterocycles.